The Hall–Kier alpha value is -1.41. The number of rotatable bonds is 2. The van der Waals surface area contributed by atoms with Crippen LogP contribution in [0.5, 0.6) is 0 Å². The van der Waals surface area contributed by atoms with E-state index in [1.807, 2.05) is 6.07 Å². The number of nitriles is 1. The van der Waals surface area contributed by atoms with Gasteiger partial charge in [0.05, 0.1) is 4.92 Å². The first-order valence-corrected chi connectivity index (χ1v) is 4.96. The summed E-state index contributed by atoms with van der Waals surface area (Å²) in [5.74, 6) is 0. The van der Waals surface area contributed by atoms with Crippen molar-refractivity contribution < 1.29 is 4.92 Å². The maximum atomic E-state index is 10.6. The zero-order valence-corrected chi connectivity index (χ0v) is 9.04. The molecule has 0 aromatic heterocycles. The first-order chi connectivity index (χ1) is 6.60. The van der Waals surface area contributed by atoms with E-state index in [1.165, 1.54) is 6.07 Å². The molecule has 0 radical (unpaired) electrons. The monoisotopic (exact) mass is 254 g/mol. The van der Waals surface area contributed by atoms with Crippen molar-refractivity contribution in [3.8, 4) is 6.07 Å². The highest BCUT2D eigenvalue weighted by Gasteiger charge is 2.17. The van der Waals surface area contributed by atoms with Gasteiger partial charge < -0.3 is 0 Å². The second kappa shape index (κ2) is 4.20. The van der Waals surface area contributed by atoms with E-state index in [2.05, 4.69) is 15.9 Å². The van der Waals surface area contributed by atoms with Gasteiger partial charge in [0.25, 0.3) is 5.69 Å². The number of nitrogens with zero attached hydrogens (tertiary/aromatic N) is 2. The molecule has 0 fully saturated rings. The normalized spacial score (nSPS) is 9.50. The summed E-state index contributed by atoms with van der Waals surface area (Å²) in [6, 6.07) is 5.06. The Morgan fingerprint density at radius 1 is 1.64 bits per heavy atom. The van der Waals surface area contributed by atoms with Gasteiger partial charge in [-0.25, -0.2) is 0 Å². The van der Waals surface area contributed by atoms with Crippen molar-refractivity contribution in [2.45, 2.75) is 12.3 Å². The summed E-state index contributed by atoms with van der Waals surface area (Å²) in [6.45, 7) is 1.63. The van der Waals surface area contributed by atoms with E-state index in [0.29, 0.717) is 10.9 Å². The van der Waals surface area contributed by atoms with Gasteiger partial charge >= 0.3 is 0 Å². The molecule has 0 amide bonds. The van der Waals surface area contributed by atoms with E-state index in [0.717, 1.165) is 5.56 Å². The molecule has 4 nitrogen and oxygen atoms in total. The molecule has 0 spiro atoms. The minimum atomic E-state index is -0.522. The molecule has 0 atom stereocenters. The highest BCUT2D eigenvalue weighted by Crippen LogP contribution is 2.25. The van der Waals surface area contributed by atoms with Crippen molar-refractivity contribution in [1.82, 2.24) is 0 Å². The smallest absolute Gasteiger partial charge is 0.258 e. The number of aryl methyl sites for hydroxylation is 1. The fourth-order valence-electron chi connectivity index (χ4n) is 1.26. The van der Waals surface area contributed by atoms with E-state index < -0.39 is 4.92 Å². The predicted octanol–water partition coefficient (Wildman–Crippen LogP) is 2.67. The molecule has 0 aliphatic rings. The van der Waals surface area contributed by atoms with Crippen LogP contribution in [0.2, 0.25) is 0 Å². The van der Waals surface area contributed by atoms with E-state index >= 15 is 0 Å². The quantitative estimate of drug-likeness (QED) is 0.463. The molecule has 5 heteroatoms. The Bertz CT molecular complexity index is 424. The van der Waals surface area contributed by atoms with Gasteiger partial charge in [0.15, 0.2) is 0 Å². The standard InChI is InChI=1S/C9H7BrN2O2/c1-6-2-7(4-10)3-8(5-11)9(6)12(13)14/h2-3H,4H2,1H3. The van der Waals surface area contributed by atoms with Crippen molar-refractivity contribution >= 4 is 21.6 Å². The van der Waals surface area contributed by atoms with Crippen molar-refractivity contribution in [2.75, 3.05) is 0 Å². The molecule has 0 saturated heterocycles. The molecule has 0 unspecified atom stereocenters. The summed E-state index contributed by atoms with van der Waals surface area (Å²) < 4.78 is 0. The number of hydrogen-bond donors (Lipinski definition) is 0. The fraction of sp³-hybridized carbons (Fsp3) is 0.222. The average molecular weight is 255 g/mol. The highest BCUT2D eigenvalue weighted by molar-refractivity contribution is 9.08. The molecule has 1 aromatic rings. The number of nitro benzene ring substituents is 1. The second-order valence-corrected chi connectivity index (χ2v) is 3.37. The lowest BCUT2D eigenvalue weighted by molar-refractivity contribution is -0.385. The molecule has 0 saturated carbocycles. The average Bonchev–Trinajstić information content (AvgIpc) is 2.15. The minimum Gasteiger partial charge on any atom is -0.258 e. The van der Waals surface area contributed by atoms with E-state index in [4.69, 9.17) is 5.26 Å². The van der Waals surface area contributed by atoms with Crippen LogP contribution in [0, 0.1) is 28.4 Å². The van der Waals surface area contributed by atoms with Gasteiger partial charge in [0.1, 0.15) is 11.6 Å². The third-order valence-electron chi connectivity index (χ3n) is 1.82. The van der Waals surface area contributed by atoms with Gasteiger partial charge in [0.2, 0.25) is 0 Å². The highest BCUT2D eigenvalue weighted by atomic mass is 79.9. The maximum absolute atomic E-state index is 10.6. The molecule has 0 bridgehead atoms. The topological polar surface area (TPSA) is 66.9 Å². The van der Waals surface area contributed by atoms with Gasteiger partial charge in [-0.2, -0.15) is 5.26 Å². The van der Waals surface area contributed by atoms with Gasteiger partial charge in [-0.3, -0.25) is 10.1 Å². The molecule has 0 heterocycles. The molecule has 0 N–H and O–H groups in total. The van der Waals surface area contributed by atoms with Crippen LogP contribution in [0.25, 0.3) is 0 Å². The van der Waals surface area contributed by atoms with Gasteiger partial charge in [-0.15, -0.1) is 0 Å². The summed E-state index contributed by atoms with van der Waals surface area (Å²) in [5, 5.41) is 20.0. The lowest BCUT2D eigenvalue weighted by Gasteiger charge is -2.01. The van der Waals surface area contributed by atoms with Crippen LogP contribution >= 0.6 is 15.9 Å². The van der Waals surface area contributed by atoms with Gasteiger partial charge in [0, 0.05) is 10.9 Å². The second-order valence-electron chi connectivity index (χ2n) is 2.81. The first kappa shape index (κ1) is 10.7. The summed E-state index contributed by atoms with van der Waals surface area (Å²) >= 11 is 3.24. The Kier molecular flexibility index (Phi) is 3.20. The summed E-state index contributed by atoms with van der Waals surface area (Å²) in [6.07, 6.45) is 0. The number of hydrogen-bond acceptors (Lipinski definition) is 3. The molecular formula is C9H7BrN2O2. The van der Waals surface area contributed by atoms with E-state index in [9.17, 15) is 10.1 Å². The zero-order chi connectivity index (χ0) is 10.7. The number of alkyl halides is 1. The van der Waals surface area contributed by atoms with Crippen molar-refractivity contribution in [1.29, 1.82) is 5.26 Å². The number of nitro groups is 1. The van der Waals surface area contributed by atoms with Crippen LogP contribution in [0.4, 0.5) is 5.69 Å². The molecule has 72 valence electrons. The van der Waals surface area contributed by atoms with Crippen LogP contribution in [0.3, 0.4) is 0 Å². The molecule has 0 aliphatic heterocycles. The number of benzene rings is 1. The van der Waals surface area contributed by atoms with Crippen LogP contribution in [0.1, 0.15) is 16.7 Å². The molecular weight excluding hydrogens is 248 g/mol. The number of halogens is 1. The van der Waals surface area contributed by atoms with E-state index in [1.54, 1.807) is 13.0 Å². The van der Waals surface area contributed by atoms with Crippen LogP contribution in [-0.2, 0) is 5.33 Å². The largest absolute Gasteiger partial charge is 0.289 e. The summed E-state index contributed by atoms with van der Waals surface area (Å²) in [5.41, 5.74) is 1.40. The minimum absolute atomic E-state index is 0.0998. The van der Waals surface area contributed by atoms with E-state index in [-0.39, 0.29) is 11.3 Å². The first-order valence-electron chi connectivity index (χ1n) is 3.84. The maximum Gasteiger partial charge on any atom is 0.289 e. The third-order valence-corrected chi connectivity index (χ3v) is 2.47. The lowest BCUT2D eigenvalue weighted by Crippen LogP contribution is -1.97. The Morgan fingerprint density at radius 3 is 2.71 bits per heavy atom. The van der Waals surface area contributed by atoms with Crippen LogP contribution in [0.15, 0.2) is 12.1 Å². The Labute approximate surface area is 89.4 Å². The van der Waals surface area contributed by atoms with Crippen molar-refractivity contribution in [3.63, 3.8) is 0 Å². The lowest BCUT2D eigenvalue weighted by atomic mass is 10.1. The Balaban J connectivity index is 3.44. The van der Waals surface area contributed by atoms with Crippen LogP contribution < -0.4 is 0 Å². The SMILES string of the molecule is Cc1cc(CBr)cc(C#N)c1[N+](=O)[O-]. The van der Waals surface area contributed by atoms with Gasteiger partial charge in [-0.05, 0) is 24.6 Å². The predicted molar refractivity (Wildman–Crippen MR) is 55.2 cm³/mol. The fourth-order valence-corrected chi connectivity index (χ4v) is 1.58. The van der Waals surface area contributed by atoms with Gasteiger partial charge in [-0.1, -0.05) is 15.9 Å². The third kappa shape index (κ3) is 1.91. The zero-order valence-electron chi connectivity index (χ0n) is 7.45. The molecule has 1 aromatic carbocycles. The van der Waals surface area contributed by atoms with Crippen LogP contribution in [-0.4, -0.2) is 4.92 Å². The van der Waals surface area contributed by atoms with Crippen molar-refractivity contribution in [3.05, 3.63) is 38.9 Å². The molecule has 1 rings (SSSR count). The molecule has 14 heavy (non-hydrogen) atoms. The molecule has 0 aliphatic carbocycles. The summed E-state index contributed by atoms with van der Waals surface area (Å²) in [4.78, 5) is 10.1. The summed E-state index contributed by atoms with van der Waals surface area (Å²) in [7, 11) is 0. The Morgan fingerprint density at radius 2 is 2.29 bits per heavy atom. The van der Waals surface area contributed by atoms with Crippen molar-refractivity contribution in [2.24, 2.45) is 0 Å².